The summed E-state index contributed by atoms with van der Waals surface area (Å²) in [7, 11) is 0. The quantitative estimate of drug-likeness (QED) is 0.347. The molecule has 0 aromatic rings. The molecule has 0 aliphatic heterocycles. The van der Waals surface area contributed by atoms with E-state index in [2.05, 4.69) is 24.7 Å². The SMILES string of the molecule is C#CCC(CC)NCCCC=C. The Kier molecular flexibility index (Phi) is 7.84. The molecule has 0 bridgehead atoms. The molecule has 0 saturated heterocycles. The van der Waals surface area contributed by atoms with Crippen LogP contribution in [0, 0.1) is 12.3 Å². The van der Waals surface area contributed by atoms with Crippen LogP contribution in [0.5, 0.6) is 0 Å². The summed E-state index contributed by atoms with van der Waals surface area (Å²) in [6, 6.07) is 0.500. The van der Waals surface area contributed by atoms with Crippen molar-refractivity contribution in [1.29, 1.82) is 0 Å². The third-order valence-corrected chi connectivity index (χ3v) is 1.88. The molecule has 0 radical (unpaired) electrons. The summed E-state index contributed by atoms with van der Waals surface area (Å²) >= 11 is 0. The smallest absolute Gasteiger partial charge is 0.0240 e. The second-order valence-corrected chi connectivity index (χ2v) is 2.90. The first-order valence-electron chi connectivity index (χ1n) is 4.62. The van der Waals surface area contributed by atoms with Crippen molar-refractivity contribution in [3.8, 4) is 12.3 Å². The Hall–Kier alpha value is -0.740. The van der Waals surface area contributed by atoms with Gasteiger partial charge in [0, 0.05) is 12.5 Å². The number of terminal acetylenes is 1. The third kappa shape index (κ3) is 6.00. The summed E-state index contributed by atoms with van der Waals surface area (Å²) in [6.45, 7) is 6.88. The van der Waals surface area contributed by atoms with Crippen LogP contribution < -0.4 is 5.32 Å². The van der Waals surface area contributed by atoms with Crippen LogP contribution in [0.3, 0.4) is 0 Å². The minimum Gasteiger partial charge on any atom is -0.313 e. The minimum atomic E-state index is 0.500. The Balaban J connectivity index is 3.32. The van der Waals surface area contributed by atoms with E-state index < -0.39 is 0 Å². The molecule has 0 heterocycles. The van der Waals surface area contributed by atoms with Crippen molar-refractivity contribution in [2.24, 2.45) is 0 Å². The molecule has 0 amide bonds. The van der Waals surface area contributed by atoms with Crippen LogP contribution in [0.1, 0.15) is 32.6 Å². The van der Waals surface area contributed by atoms with Crippen molar-refractivity contribution < 1.29 is 0 Å². The van der Waals surface area contributed by atoms with Gasteiger partial charge in [-0.1, -0.05) is 13.0 Å². The van der Waals surface area contributed by atoms with Crippen LogP contribution in [0.15, 0.2) is 12.7 Å². The van der Waals surface area contributed by atoms with Crippen molar-refractivity contribution in [2.45, 2.75) is 38.6 Å². The Morgan fingerprint density at radius 3 is 2.92 bits per heavy atom. The Bertz CT molecular complexity index is 144. The molecule has 68 valence electrons. The third-order valence-electron chi connectivity index (χ3n) is 1.88. The molecule has 1 heteroatoms. The molecule has 0 fully saturated rings. The topological polar surface area (TPSA) is 12.0 Å². The van der Waals surface area contributed by atoms with Crippen LogP contribution >= 0.6 is 0 Å². The molecule has 0 rings (SSSR count). The van der Waals surface area contributed by atoms with Gasteiger partial charge in [-0.25, -0.2) is 0 Å². The van der Waals surface area contributed by atoms with Crippen LogP contribution in [-0.2, 0) is 0 Å². The highest BCUT2D eigenvalue weighted by atomic mass is 14.9. The number of allylic oxidation sites excluding steroid dienone is 1. The van der Waals surface area contributed by atoms with Crippen LogP contribution in [-0.4, -0.2) is 12.6 Å². The molecule has 1 N–H and O–H groups in total. The zero-order chi connectivity index (χ0) is 9.23. The summed E-state index contributed by atoms with van der Waals surface area (Å²) in [4.78, 5) is 0. The molecule has 12 heavy (non-hydrogen) atoms. The van der Waals surface area contributed by atoms with Crippen molar-refractivity contribution >= 4 is 0 Å². The van der Waals surface area contributed by atoms with E-state index >= 15 is 0 Å². The van der Waals surface area contributed by atoms with Crippen molar-refractivity contribution in [3.63, 3.8) is 0 Å². The highest BCUT2D eigenvalue weighted by Crippen LogP contribution is 1.96. The average Bonchev–Trinajstić information content (AvgIpc) is 2.10. The highest BCUT2D eigenvalue weighted by Gasteiger charge is 2.01. The molecule has 0 aromatic heterocycles. The summed E-state index contributed by atoms with van der Waals surface area (Å²) < 4.78 is 0. The lowest BCUT2D eigenvalue weighted by Crippen LogP contribution is -2.28. The molecular formula is C11H19N. The molecule has 0 spiro atoms. The normalized spacial score (nSPS) is 12.0. The second-order valence-electron chi connectivity index (χ2n) is 2.90. The molecule has 0 aliphatic rings. The van der Waals surface area contributed by atoms with Gasteiger partial charge in [0.15, 0.2) is 0 Å². The van der Waals surface area contributed by atoms with E-state index in [4.69, 9.17) is 6.42 Å². The number of unbranched alkanes of at least 4 members (excludes halogenated alkanes) is 1. The van der Waals surface area contributed by atoms with Crippen LogP contribution in [0.4, 0.5) is 0 Å². The first-order valence-corrected chi connectivity index (χ1v) is 4.62. The van der Waals surface area contributed by atoms with Gasteiger partial charge in [0.2, 0.25) is 0 Å². The highest BCUT2D eigenvalue weighted by molar-refractivity contribution is 4.89. The van der Waals surface area contributed by atoms with Gasteiger partial charge in [0.1, 0.15) is 0 Å². The Labute approximate surface area is 76.2 Å². The average molecular weight is 165 g/mol. The van der Waals surface area contributed by atoms with Gasteiger partial charge in [-0.2, -0.15) is 0 Å². The molecule has 1 unspecified atom stereocenters. The first-order chi connectivity index (χ1) is 5.85. The molecule has 0 saturated carbocycles. The van der Waals surface area contributed by atoms with Gasteiger partial charge in [0.05, 0.1) is 0 Å². The summed E-state index contributed by atoms with van der Waals surface area (Å²) in [5.74, 6) is 2.68. The van der Waals surface area contributed by atoms with Gasteiger partial charge in [-0.15, -0.1) is 18.9 Å². The molecule has 0 aromatic carbocycles. The van der Waals surface area contributed by atoms with Gasteiger partial charge in [-0.3, -0.25) is 0 Å². The zero-order valence-corrected chi connectivity index (χ0v) is 7.97. The lowest BCUT2D eigenvalue weighted by molar-refractivity contribution is 0.501. The molecule has 1 atom stereocenters. The molecular weight excluding hydrogens is 146 g/mol. The van der Waals surface area contributed by atoms with E-state index in [-0.39, 0.29) is 0 Å². The van der Waals surface area contributed by atoms with E-state index in [0.717, 1.165) is 32.2 Å². The minimum absolute atomic E-state index is 0.500. The summed E-state index contributed by atoms with van der Waals surface area (Å²) in [5, 5.41) is 3.41. The van der Waals surface area contributed by atoms with E-state index in [1.54, 1.807) is 0 Å². The van der Waals surface area contributed by atoms with Gasteiger partial charge < -0.3 is 5.32 Å². The number of hydrogen-bond acceptors (Lipinski definition) is 1. The molecule has 1 nitrogen and oxygen atoms in total. The van der Waals surface area contributed by atoms with E-state index in [1.165, 1.54) is 0 Å². The van der Waals surface area contributed by atoms with Crippen molar-refractivity contribution in [2.75, 3.05) is 6.54 Å². The van der Waals surface area contributed by atoms with Crippen molar-refractivity contribution in [1.82, 2.24) is 5.32 Å². The summed E-state index contributed by atoms with van der Waals surface area (Å²) in [5.41, 5.74) is 0. The van der Waals surface area contributed by atoms with E-state index in [0.29, 0.717) is 6.04 Å². The standard InChI is InChI=1S/C11H19N/c1-4-7-8-10-12-11(6-3)9-5-2/h2,4,11-12H,1,6-10H2,3H3. The van der Waals surface area contributed by atoms with Crippen molar-refractivity contribution in [3.05, 3.63) is 12.7 Å². The van der Waals surface area contributed by atoms with Crippen LogP contribution in [0.25, 0.3) is 0 Å². The van der Waals surface area contributed by atoms with Gasteiger partial charge in [0.25, 0.3) is 0 Å². The van der Waals surface area contributed by atoms with Gasteiger partial charge >= 0.3 is 0 Å². The number of hydrogen-bond donors (Lipinski definition) is 1. The number of rotatable bonds is 7. The monoisotopic (exact) mass is 165 g/mol. The first kappa shape index (κ1) is 11.3. The van der Waals surface area contributed by atoms with Gasteiger partial charge in [-0.05, 0) is 25.8 Å². The Morgan fingerprint density at radius 2 is 2.42 bits per heavy atom. The largest absolute Gasteiger partial charge is 0.313 e. The van der Waals surface area contributed by atoms with E-state index in [9.17, 15) is 0 Å². The maximum Gasteiger partial charge on any atom is 0.0240 e. The predicted molar refractivity (Wildman–Crippen MR) is 55.0 cm³/mol. The predicted octanol–water partition coefficient (Wildman–Crippen LogP) is 2.34. The Morgan fingerprint density at radius 1 is 1.67 bits per heavy atom. The zero-order valence-electron chi connectivity index (χ0n) is 7.97. The summed E-state index contributed by atoms with van der Waals surface area (Å²) in [6.07, 6.45) is 11.4. The maximum atomic E-state index is 5.23. The lowest BCUT2D eigenvalue weighted by atomic mass is 10.1. The molecule has 0 aliphatic carbocycles. The van der Waals surface area contributed by atoms with E-state index in [1.807, 2.05) is 6.08 Å². The second kappa shape index (κ2) is 8.36. The van der Waals surface area contributed by atoms with Crippen LogP contribution in [0.2, 0.25) is 0 Å². The number of nitrogens with one attached hydrogen (secondary N) is 1. The fourth-order valence-electron chi connectivity index (χ4n) is 1.06. The fourth-order valence-corrected chi connectivity index (χ4v) is 1.06. The fraction of sp³-hybridized carbons (Fsp3) is 0.636. The maximum absolute atomic E-state index is 5.23. The lowest BCUT2D eigenvalue weighted by Gasteiger charge is -2.13.